The molecule has 2 aromatic rings. The van der Waals surface area contributed by atoms with E-state index in [0.717, 1.165) is 0 Å². The van der Waals surface area contributed by atoms with Crippen molar-refractivity contribution in [3.05, 3.63) is 71.8 Å². The van der Waals surface area contributed by atoms with E-state index >= 15 is 0 Å². The van der Waals surface area contributed by atoms with E-state index in [2.05, 4.69) is 85.3 Å². The van der Waals surface area contributed by atoms with E-state index in [9.17, 15) is 0 Å². The van der Waals surface area contributed by atoms with Crippen molar-refractivity contribution in [3.8, 4) is 0 Å². The second kappa shape index (κ2) is 8.03. The number of hydrogen-bond acceptors (Lipinski definition) is 2. The van der Waals surface area contributed by atoms with Gasteiger partial charge in [0.25, 0.3) is 0 Å². The van der Waals surface area contributed by atoms with Crippen molar-refractivity contribution in [1.82, 2.24) is 0 Å². The molecule has 0 saturated heterocycles. The molecule has 0 radical (unpaired) electrons. The van der Waals surface area contributed by atoms with E-state index in [4.69, 9.17) is 0 Å². The Kier molecular flexibility index (Phi) is 6.03. The fourth-order valence-corrected chi connectivity index (χ4v) is 2.58. The van der Waals surface area contributed by atoms with Gasteiger partial charge in [0.1, 0.15) is 0 Å². The van der Waals surface area contributed by atoms with E-state index in [0.29, 0.717) is 0 Å². The predicted molar refractivity (Wildman–Crippen MR) is 94.5 cm³/mol. The number of hydrogen-bond donors (Lipinski definition) is 0. The van der Waals surface area contributed by atoms with Gasteiger partial charge in [0.05, 0.1) is 0 Å². The summed E-state index contributed by atoms with van der Waals surface area (Å²) >= 11 is 3.53. The lowest BCUT2D eigenvalue weighted by Gasteiger charge is -1.97. The molecule has 0 heterocycles. The molecule has 0 aliphatic carbocycles. The Morgan fingerprint density at radius 1 is 0.600 bits per heavy atom. The first-order valence-electron chi connectivity index (χ1n) is 6.44. The topological polar surface area (TPSA) is 0 Å². The Bertz CT molecular complexity index is 522. The molecule has 20 heavy (non-hydrogen) atoms. The zero-order valence-corrected chi connectivity index (χ0v) is 13.4. The van der Waals surface area contributed by atoms with Gasteiger partial charge >= 0.3 is 0 Å². The van der Waals surface area contributed by atoms with Gasteiger partial charge in [0.2, 0.25) is 0 Å². The predicted octanol–water partition coefficient (Wildman–Crippen LogP) is 5.86. The Morgan fingerprint density at radius 2 is 0.950 bits per heavy atom. The van der Waals surface area contributed by atoms with Crippen LogP contribution in [-0.4, -0.2) is 12.5 Å². The summed E-state index contributed by atoms with van der Waals surface area (Å²) in [7, 11) is 0. The Morgan fingerprint density at radius 3 is 1.25 bits per heavy atom. The third-order valence-corrected chi connectivity index (χ3v) is 4.41. The largest absolute Gasteiger partial charge is 0.130 e. The molecule has 0 atom stereocenters. The number of allylic oxidation sites excluding steroid dienone is 2. The van der Waals surface area contributed by atoms with Crippen LogP contribution in [-0.2, 0) is 0 Å². The van der Waals surface area contributed by atoms with Gasteiger partial charge in [-0.25, -0.2) is 0 Å². The minimum absolute atomic E-state index is 1.23. The quantitative estimate of drug-likeness (QED) is 0.501. The van der Waals surface area contributed by atoms with Crippen LogP contribution in [0, 0.1) is 0 Å². The summed E-state index contributed by atoms with van der Waals surface area (Å²) in [5.41, 5.74) is 2.45. The van der Waals surface area contributed by atoms with Crippen LogP contribution < -0.4 is 0 Å². The van der Waals surface area contributed by atoms with Gasteiger partial charge in [-0.05, 0) is 47.9 Å². The van der Waals surface area contributed by atoms with Gasteiger partial charge in [-0.15, -0.1) is 23.5 Å². The molecular weight excluding hydrogens is 280 g/mol. The molecule has 0 aliphatic heterocycles. The molecule has 0 nitrogen and oxygen atoms in total. The second-order valence-corrected chi connectivity index (χ2v) is 6.02. The van der Waals surface area contributed by atoms with Gasteiger partial charge in [0, 0.05) is 9.79 Å². The molecule has 0 spiro atoms. The molecule has 0 saturated carbocycles. The Hall–Kier alpha value is -1.38. The van der Waals surface area contributed by atoms with Crippen LogP contribution in [0.3, 0.4) is 0 Å². The lowest BCUT2D eigenvalue weighted by molar-refractivity contribution is 1.45. The van der Waals surface area contributed by atoms with Crippen molar-refractivity contribution in [2.24, 2.45) is 0 Å². The maximum Gasteiger partial charge on any atom is 0.00695 e. The summed E-state index contributed by atoms with van der Waals surface area (Å²) in [6.07, 6.45) is 12.6. The molecule has 0 N–H and O–H groups in total. The second-order valence-electron chi connectivity index (χ2n) is 4.26. The Labute approximate surface area is 130 Å². The van der Waals surface area contributed by atoms with Crippen molar-refractivity contribution in [1.29, 1.82) is 0 Å². The highest BCUT2D eigenvalue weighted by Crippen LogP contribution is 2.16. The SMILES string of the molecule is CSc1ccc(C=CC=Cc2ccc(SC)cc2)cc1. The van der Waals surface area contributed by atoms with Gasteiger partial charge in [-0.3, -0.25) is 0 Å². The molecular formula is C18H18S2. The van der Waals surface area contributed by atoms with Crippen molar-refractivity contribution in [2.75, 3.05) is 12.5 Å². The van der Waals surface area contributed by atoms with Gasteiger partial charge in [-0.1, -0.05) is 48.6 Å². The van der Waals surface area contributed by atoms with Crippen molar-refractivity contribution in [3.63, 3.8) is 0 Å². The molecule has 0 aliphatic rings. The number of thioether (sulfide) groups is 2. The average Bonchev–Trinajstić information content (AvgIpc) is 2.53. The van der Waals surface area contributed by atoms with E-state index in [1.165, 1.54) is 20.9 Å². The maximum absolute atomic E-state index is 2.15. The molecule has 0 fully saturated rings. The van der Waals surface area contributed by atoms with Crippen LogP contribution in [0.4, 0.5) is 0 Å². The summed E-state index contributed by atoms with van der Waals surface area (Å²) in [5.74, 6) is 0. The van der Waals surface area contributed by atoms with E-state index in [1.807, 2.05) is 0 Å². The molecule has 2 rings (SSSR count). The molecule has 0 bridgehead atoms. The van der Waals surface area contributed by atoms with Crippen molar-refractivity contribution in [2.45, 2.75) is 9.79 Å². The standard InChI is InChI=1S/C18H18S2/c1-19-17-11-7-15(8-12-17)5-3-4-6-16-9-13-18(20-2)14-10-16/h3-14H,1-2H3. The zero-order chi connectivity index (χ0) is 14.2. The highest BCUT2D eigenvalue weighted by atomic mass is 32.2. The van der Waals surface area contributed by atoms with Crippen molar-refractivity contribution >= 4 is 35.7 Å². The molecule has 2 aromatic carbocycles. The number of benzene rings is 2. The number of rotatable bonds is 5. The summed E-state index contributed by atoms with van der Waals surface area (Å²) in [6.45, 7) is 0. The lowest BCUT2D eigenvalue weighted by atomic mass is 10.2. The fraction of sp³-hybridized carbons (Fsp3) is 0.111. The van der Waals surface area contributed by atoms with E-state index in [-0.39, 0.29) is 0 Å². The first-order chi connectivity index (χ1) is 9.81. The third-order valence-electron chi connectivity index (χ3n) is 2.92. The summed E-state index contributed by atoms with van der Waals surface area (Å²) in [6, 6.07) is 17.2. The van der Waals surface area contributed by atoms with Gasteiger partial charge in [0.15, 0.2) is 0 Å². The van der Waals surface area contributed by atoms with Crippen LogP contribution in [0.1, 0.15) is 11.1 Å². The summed E-state index contributed by atoms with van der Waals surface area (Å²) < 4.78 is 0. The highest BCUT2D eigenvalue weighted by Gasteiger charge is 1.90. The minimum Gasteiger partial charge on any atom is -0.130 e. The van der Waals surface area contributed by atoms with Crippen LogP contribution in [0.2, 0.25) is 0 Å². The molecule has 0 aromatic heterocycles. The molecule has 0 unspecified atom stereocenters. The van der Waals surface area contributed by atoms with Gasteiger partial charge in [-0.2, -0.15) is 0 Å². The molecule has 102 valence electrons. The first kappa shape index (κ1) is 15.0. The van der Waals surface area contributed by atoms with Crippen LogP contribution in [0.5, 0.6) is 0 Å². The third kappa shape index (κ3) is 4.62. The smallest absolute Gasteiger partial charge is 0.00695 e. The normalized spacial score (nSPS) is 11.5. The van der Waals surface area contributed by atoms with Gasteiger partial charge < -0.3 is 0 Å². The fourth-order valence-electron chi connectivity index (χ4n) is 1.76. The maximum atomic E-state index is 2.15. The molecule has 0 amide bonds. The van der Waals surface area contributed by atoms with Crippen LogP contribution in [0.25, 0.3) is 12.2 Å². The zero-order valence-electron chi connectivity index (χ0n) is 11.7. The average molecular weight is 298 g/mol. The minimum atomic E-state index is 1.23. The monoisotopic (exact) mass is 298 g/mol. The molecule has 2 heteroatoms. The first-order valence-corrected chi connectivity index (χ1v) is 8.89. The Balaban J connectivity index is 1.95. The van der Waals surface area contributed by atoms with Crippen molar-refractivity contribution < 1.29 is 0 Å². The van der Waals surface area contributed by atoms with Crippen LogP contribution >= 0.6 is 23.5 Å². The van der Waals surface area contributed by atoms with Crippen LogP contribution in [0.15, 0.2) is 70.5 Å². The lowest BCUT2D eigenvalue weighted by Crippen LogP contribution is -1.73. The highest BCUT2D eigenvalue weighted by molar-refractivity contribution is 7.98. The van der Waals surface area contributed by atoms with E-state index in [1.54, 1.807) is 23.5 Å². The summed E-state index contributed by atoms with van der Waals surface area (Å²) in [5, 5.41) is 0. The summed E-state index contributed by atoms with van der Waals surface area (Å²) in [4.78, 5) is 2.60. The van der Waals surface area contributed by atoms with E-state index < -0.39 is 0 Å².